The van der Waals surface area contributed by atoms with Gasteiger partial charge < -0.3 is 15.4 Å². The summed E-state index contributed by atoms with van der Waals surface area (Å²) in [6.45, 7) is 2.71. The fraction of sp³-hybridized carbons (Fsp3) is 0.500. The highest BCUT2D eigenvalue weighted by Gasteiger charge is 2.20. The number of nitrogens with one attached hydrogen (secondary N) is 2. The number of hydrogen-bond acceptors (Lipinski definition) is 3. The summed E-state index contributed by atoms with van der Waals surface area (Å²) < 4.78 is 5.13. The molecule has 1 aliphatic rings. The highest BCUT2D eigenvalue weighted by molar-refractivity contribution is 5.91. The van der Waals surface area contributed by atoms with Gasteiger partial charge in [0, 0.05) is 24.7 Å². The molecule has 0 bridgehead atoms. The molecular weight excluding hydrogens is 228 g/mol. The lowest BCUT2D eigenvalue weighted by Gasteiger charge is -2.10. The fourth-order valence-corrected chi connectivity index (χ4v) is 1.79. The summed E-state index contributed by atoms with van der Waals surface area (Å²) in [5.74, 6) is 0.859. The van der Waals surface area contributed by atoms with E-state index in [0.717, 1.165) is 23.5 Å². The third kappa shape index (κ3) is 3.74. The van der Waals surface area contributed by atoms with Crippen LogP contribution in [-0.4, -0.2) is 25.6 Å². The molecule has 1 fully saturated rings. The minimum Gasteiger partial charge on any atom is -0.497 e. The molecule has 4 heteroatoms. The van der Waals surface area contributed by atoms with Gasteiger partial charge in [-0.05, 0) is 43.5 Å². The van der Waals surface area contributed by atoms with Crippen LogP contribution in [0.1, 0.15) is 24.8 Å². The molecule has 0 spiro atoms. The van der Waals surface area contributed by atoms with Crippen molar-refractivity contribution in [1.29, 1.82) is 0 Å². The number of hydrogen-bond donors (Lipinski definition) is 2. The van der Waals surface area contributed by atoms with Gasteiger partial charge in [-0.2, -0.15) is 0 Å². The molecule has 4 nitrogen and oxygen atoms in total. The lowest BCUT2D eigenvalue weighted by Crippen LogP contribution is -2.23. The number of rotatable bonds is 6. The maximum Gasteiger partial charge on any atom is 0.225 e. The van der Waals surface area contributed by atoms with Crippen LogP contribution in [0.25, 0.3) is 0 Å². The number of aryl methyl sites for hydroxylation is 1. The van der Waals surface area contributed by atoms with Gasteiger partial charge >= 0.3 is 0 Å². The van der Waals surface area contributed by atoms with Crippen molar-refractivity contribution < 1.29 is 9.53 Å². The standard InChI is InChI=1S/C14H20N2O2/c1-10-9-12(18-2)5-6-13(10)16-14(17)7-8-15-11-3-4-11/h5-6,9,11,15H,3-4,7-8H2,1-2H3,(H,16,17). The van der Waals surface area contributed by atoms with Crippen molar-refractivity contribution in [3.63, 3.8) is 0 Å². The van der Waals surface area contributed by atoms with Gasteiger partial charge in [-0.3, -0.25) is 4.79 Å². The van der Waals surface area contributed by atoms with Crippen LogP contribution >= 0.6 is 0 Å². The van der Waals surface area contributed by atoms with E-state index >= 15 is 0 Å². The van der Waals surface area contributed by atoms with Gasteiger partial charge in [0.15, 0.2) is 0 Å². The Morgan fingerprint density at radius 3 is 2.83 bits per heavy atom. The predicted molar refractivity (Wildman–Crippen MR) is 72.0 cm³/mol. The molecule has 1 aliphatic carbocycles. The number of carbonyl (C=O) groups is 1. The minimum absolute atomic E-state index is 0.0522. The van der Waals surface area contributed by atoms with Gasteiger partial charge in [0.05, 0.1) is 7.11 Å². The zero-order valence-electron chi connectivity index (χ0n) is 11.0. The molecule has 1 aromatic rings. The lowest BCUT2D eigenvalue weighted by molar-refractivity contribution is -0.116. The van der Waals surface area contributed by atoms with E-state index in [9.17, 15) is 4.79 Å². The van der Waals surface area contributed by atoms with Gasteiger partial charge in [-0.15, -0.1) is 0 Å². The summed E-state index contributed by atoms with van der Waals surface area (Å²) >= 11 is 0. The average molecular weight is 248 g/mol. The van der Waals surface area contributed by atoms with Gasteiger partial charge in [-0.1, -0.05) is 0 Å². The zero-order chi connectivity index (χ0) is 13.0. The maximum absolute atomic E-state index is 11.7. The first-order chi connectivity index (χ1) is 8.69. The third-order valence-electron chi connectivity index (χ3n) is 3.07. The molecule has 0 heterocycles. The van der Waals surface area contributed by atoms with E-state index in [1.54, 1.807) is 7.11 Å². The van der Waals surface area contributed by atoms with E-state index in [-0.39, 0.29) is 5.91 Å². The van der Waals surface area contributed by atoms with Crippen LogP contribution in [0.15, 0.2) is 18.2 Å². The quantitative estimate of drug-likeness (QED) is 0.810. The molecule has 1 saturated carbocycles. The molecule has 0 unspecified atom stereocenters. The highest BCUT2D eigenvalue weighted by atomic mass is 16.5. The van der Waals surface area contributed by atoms with Crippen LogP contribution in [-0.2, 0) is 4.79 Å². The van der Waals surface area contributed by atoms with Crippen LogP contribution in [0.3, 0.4) is 0 Å². The summed E-state index contributed by atoms with van der Waals surface area (Å²) in [4.78, 5) is 11.7. The van der Waals surface area contributed by atoms with Crippen molar-refractivity contribution >= 4 is 11.6 Å². The van der Waals surface area contributed by atoms with Crippen molar-refractivity contribution in [3.8, 4) is 5.75 Å². The summed E-state index contributed by atoms with van der Waals surface area (Å²) in [5, 5.41) is 6.25. The van der Waals surface area contributed by atoms with Crippen LogP contribution in [0, 0.1) is 6.92 Å². The van der Waals surface area contributed by atoms with E-state index in [1.165, 1.54) is 12.8 Å². The second-order valence-electron chi connectivity index (χ2n) is 4.71. The first-order valence-electron chi connectivity index (χ1n) is 6.37. The Hall–Kier alpha value is -1.55. The van der Waals surface area contributed by atoms with Gasteiger partial charge in [0.1, 0.15) is 5.75 Å². The second kappa shape index (κ2) is 5.87. The smallest absolute Gasteiger partial charge is 0.225 e. The summed E-state index contributed by atoms with van der Waals surface area (Å²) in [6.07, 6.45) is 3.01. The minimum atomic E-state index is 0.0522. The average Bonchev–Trinajstić information content (AvgIpc) is 3.16. The van der Waals surface area contributed by atoms with Gasteiger partial charge in [0.25, 0.3) is 0 Å². The number of ether oxygens (including phenoxy) is 1. The number of benzene rings is 1. The van der Waals surface area contributed by atoms with Crippen molar-refractivity contribution in [3.05, 3.63) is 23.8 Å². The number of methoxy groups -OCH3 is 1. The first kappa shape index (κ1) is 12.9. The maximum atomic E-state index is 11.7. The molecule has 0 aromatic heterocycles. The summed E-state index contributed by atoms with van der Waals surface area (Å²) in [5.41, 5.74) is 1.87. The fourth-order valence-electron chi connectivity index (χ4n) is 1.79. The molecule has 0 radical (unpaired) electrons. The van der Waals surface area contributed by atoms with Crippen molar-refractivity contribution in [2.45, 2.75) is 32.2 Å². The van der Waals surface area contributed by atoms with E-state index < -0.39 is 0 Å². The third-order valence-corrected chi connectivity index (χ3v) is 3.07. The Morgan fingerprint density at radius 1 is 1.44 bits per heavy atom. The molecule has 0 saturated heterocycles. The number of carbonyl (C=O) groups excluding carboxylic acids is 1. The van der Waals surface area contributed by atoms with Crippen molar-refractivity contribution in [2.75, 3.05) is 19.0 Å². The summed E-state index contributed by atoms with van der Waals surface area (Å²) in [7, 11) is 1.64. The van der Waals surface area contributed by atoms with Gasteiger partial charge in [0.2, 0.25) is 5.91 Å². The van der Waals surface area contributed by atoms with Crippen LogP contribution in [0.4, 0.5) is 5.69 Å². The number of amides is 1. The monoisotopic (exact) mass is 248 g/mol. The first-order valence-corrected chi connectivity index (χ1v) is 6.37. The van der Waals surface area contributed by atoms with Crippen molar-refractivity contribution in [1.82, 2.24) is 5.32 Å². The molecule has 0 aliphatic heterocycles. The zero-order valence-corrected chi connectivity index (χ0v) is 11.0. The Kier molecular flexibility index (Phi) is 4.20. The highest BCUT2D eigenvalue weighted by Crippen LogP contribution is 2.21. The molecule has 2 N–H and O–H groups in total. The summed E-state index contributed by atoms with van der Waals surface area (Å²) in [6, 6.07) is 6.30. The molecular formula is C14H20N2O2. The molecule has 1 aromatic carbocycles. The van der Waals surface area contributed by atoms with Crippen molar-refractivity contribution in [2.24, 2.45) is 0 Å². The normalized spacial score (nSPS) is 14.3. The largest absolute Gasteiger partial charge is 0.497 e. The molecule has 2 rings (SSSR count). The topological polar surface area (TPSA) is 50.4 Å². The SMILES string of the molecule is COc1ccc(NC(=O)CCNC2CC2)c(C)c1. The number of anilines is 1. The van der Waals surface area contributed by atoms with E-state index in [2.05, 4.69) is 10.6 Å². The second-order valence-corrected chi connectivity index (χ2v) is 4.71. The van der Waals surface area contributed by atoms with E-state index in [4.69, 9.17) is 4.74 Å². The lowest BCUT2D eigenvalue weighted by atomic mass is 10.2. The van der Waals surface area contributed by atoms with Crippen LogP contribution in [0.5, 0.6) is 5.75 Å². The Bertz CT molecular complexity index is 428. The molecule has 1 amide bonds. The predicted octanol–water partition coefficient (Wildman–Crippen LogP) is 2.08. The van der Waals surface area contributed by atoms with E-state index in [0.29, 0.717) is 12.5 Å². The van der Waals surface area contributed by atoms with Crippen LogP contribution < -0.4 is 15.4 Å². The molecule has 98 valence electrons. The Morgan fingerprint density at radius 2 is 2.22 bits per heavy atom. The molecule has 0 atom stereocenters. The molecule has 18 heavy (non-hydrogen) atoms. The van der Waals surface area contributed by atoms with Crippen LogP contribution in [0.2, 0.25) is 0 Å². The Balaban J connectivity index is 1.81. The van der Waals surface area contributed by atoms with E-state index in [1.807, 2.05) is 25.1 Å². The van der Waals surface area contributed by atoms with Gasteiger partial charge in [-0.25, -0.2) is 0 Å². The Labute approximate surface area is 108 Å².